The fraction of sp³-hybridized carbons (Fsp3) is 0.526. The number of carbonyl (C=O) groups is 1. The molecule has 2 heterocycles. The maximum Gasteiger partial charge on any atom is 0.318 e. The maximum atomic E-state index is 13.0. The Morgan fingerprint density at radius 1 is 1.31 bits per heavy atom. The zero-order valence-corrected chi connectivity index (χ0v) is 16.3. The summed E-state index contributed by atoms with van der Waals surface area (Å²) in [5, 5.41) is 4.05. The number of imidazole rings is 1. The van der Waals surface area contributed by atoms with Crippen LogP contribution < -0.4 is 5.32 Å². The Balaban J connectivity index is 1.68. The quantitative estimate of drug-likeness (QED) is 0.786. The van der Waals surface area contributed by atoms with Crippen molar-refractivity contribution in [3.8, 4) is 0 Å². The van der Waals surface area contributed by atoms with Gasteiger partial charge < -0.3 is 14.8 Å². The minimum absolute atomic E-state index is 0.000568. The van der Waals surface area contributed by atoms with Crippen LogP contribution in [0.25, 0.3) is 0 Å². The Morgan fingerprint density at radius 2 is 2.04 bits per heavy atom. The molecule has 0 spiro atoms. The van der Waals surface area contributed by atoms with E-state index in [9.17, 15) is 4.79 Å². The molecule has 0 unspecified atom stereocenters. The van der Waals surface area contributed by atoms with Crippen molar-refractivity contribution in [2.75, 3.05) is 6.26 Å². The number of carbonyl (C=O) groups excluding carboxylic acids is 1. The summed E-state index contributed by atoms with van der Waals surface area (Å²) in [6, 6.07) is 4.27. The number of hydrogen-bond acceptors (Lipinski definition) is 4. The van der Waals surface area contributed by atoms with E-state index in [0.29, 0.717) is 19.1 Å². The number of hydrogen-bond donors (Lipinski definition) is 1. The minimum Gasteiger partial charge on any atom is -0.332 e. The van der Waals surface area contributed by atoms with Crippen LogP contribution >= 0.6 is 11.8 Å². The summed E-state index contributed by atoms with van der Waals surface area (Å²) in [6.07, 6.45) is 13.2. The maximum absolute atomic E-state index is 13.0. The predicted octanol–water partition coefficient (Wildman–Crippen LogP) is 3.58. The SMILES string of the molecule is CSc1ncc(CNC(=O)N(Cc2ccncc2)C2CCCCC2)n1C. The first-order valence-electron chi connectivity index (χ1n) is 9.17. The molecule has 140 valence electrons. The average molecular weight is 374 g/mol. The van der Waals surface area contributed by atoms with Crippen LogP contribution in [0.5, 0.6) is 0 Å². The highest BCUT2D eigenvalue weighted by Gasteiger charge is 2.25. The van der Waals surface area contributed by atoms with Crippen LogP contribution in [0.4, 0.5) is 4.79 Å². The number of urea groups is 1. The van der Waals surface area contributed by atoms with Crippen molar-refractivity contribution < 1.29 is 4.79 Å². The molecule has 0 atom stereocenters. The lowest BCUT2D eigenvalue weighted by atomic mass is 9.94. The lowest BCUT2D eigenvalue weighted by Gasteiger charge is -2.34. The van der Waals surface area contributed by atoms with Crippen molar-refractivity contribution in [1.82, 2.24) is 24.8 Å². The summed E-state index contributed by atoms with van der Waals surface area (Å²) >= 11 is 1.60. The minimum atomic E-state index is 0.000568. The molecule has 1 N–H and O–H groups in total. The van der Waals surface area contributed by atoms with Gasteiger partial charge in [-0.25, -0.2) is 9.78 Å². The molecule has 7 heteroatoms. The topological polar surface area (TPSA) is 63.1 Å². The van der Waals surface area contributed by atoms with E-state index in [1.54, 1.807) is 24.2 Å². The van der Waals surface area contributed by atoms with Gasteiger partial charge in [-0.2, -0.15) is 0 Å². The summed E-state index contributed by atoms with van der Waals surface area (Å²) in [5.74, 6) is 0. The molecule has 1 fully saturated rings. The van der Waals surface area contributed by atoms with Gasteiger partial charge in [-0.3, -0.25) is 4.98 Å². The molecule has 1 aliphatic carbocycles. The molecule has 0 radical (unpaired) electrons. The highest BCUT2D eigenvalue weighted by molar-refractivity contribution is 7.98. The van der Waals surface area contributed by atoms with Crippen molar-refractivity contribution in [2.45, 2.75) is 56.4 Å². The van der Waals surface area contributed by atoms with Crippen LogP contribution in [0.2, 0.25) is 0 Å². The van der Waals surface area contributed by atoms with Gasteiger partial charge in [0.15, 0.2) is 5.16 Å². The van der Waals surface area contributed by atoms with E-state index in [1.807, 2.05) is 41.1 Å². The van der Waals surface area contributed by atoms with E-state index in [-0.39, 0.29) is 6.03 Å². The van der Waals surface area contributed by atoms with Crippen LogP contribution in [-0.2, 0) is 20.1 Å². The van der Waals surface area contributed by atoms with Crippen molar-refractivity contribution in [2.24, 2.45) is 7.05 Å². The van der Waals surface area contributed by atoms with Crippen molar-refractivity contribution in [3.05, 3.63) is 42.0 Å². The van der Waals surface area contributed by atoms with Crippen LogP contribution in [0.15, 0.2) is 35.9 Å². The van der Waals surface area contributed by atoms with Gasteiger partial charge in [0.1, 0.15) is 0 Å². The number of aromatic nitrogens is 3. The van der Waals surface area contributed by atoms with Crippen molar-refractivity contribution in [1.29, 1.82) is 0 Å². The molecule has 0 bridgehead atoms. The Morgan fingerprint density at radius 3 is 2.69 bits per heavy atom. The van der Waals surface area contributed by atoms with Crippen molar-refractivity contribution in [3.63, 3.8) is 0 Å². The molecule has 0 aromatic carbocycles. The highest BCUT2D eigenvalue weighted by atomic mass is 32.2. The Bertz CT molecular complexity index is 712. The fourth-order valence-corrected chi connectivity index (χ4v) is 4.04. The van der Waals surface area contributed by atoms with E-state index < -0.39 is 0 Å². The van der Waals surface area contributed by atoms with E-state index in [2.05, 4.69) is 15.3 Å². The molecule has 1 aliphatic rings. The highest BCUT2D eigenvalue weighted by Crippen LogP contribution is 2.24. The average Bonchev–Trinajstić information content (AvgIpc) is 3.05. The molecule has 0 saturated heterocycles. The first kappa shape index (κ1) is 18.8. The normalized spacial score (nSPS) is 15.0. The number of nitrogens with one attached hydrogen (secondary N) is 1. The molecular weight excluding hydrogens is 346 g/mol. The standard InChI is InChI=1S/C19H27N5OS/c1-23-17(13-22-19(23)26-2)12-21-18(25)24(16-6-4-3-5-7-16)14-15-8-10-20-11-9-15/h8-11,13,16H,3-7,12,14H2,1-2H3,(H,21,25). The van der Waals surface area contributed by atoms with Crippen LogP contribution in [0.1, 0.15) is 43.4 Å². The Hall–Kier alpha value is -2.02. The zero-order valence-electron chi connectivity index (χ0n) is 15.5. The van der Waals surface area contributed by atoms with Gasteiger partial charge in [-0.15, -0.1) is 0 Å². The Kier molecular flexibility index (Phi) is 6.55. The summed E-state index contributed by atoms with van der Waals surface area (Å²) < 4.78 is 2.03. The van der Waals surface area contributed by atoms with Gasteiger partial charge in [0.2, 0.25) is 0 Å². The van der Waals surface area contributed by atoms with Crippen LogP contribution in [0.3, 0.4) is 0 Å². The number of rotatable bonds is 6. The summed E-state index contributed by atoms with van der Waals surface area (Å²) in [4.78, 5) is 23.4. The lowest BCUT2D eigenvalue weighted by Crippen LogP contribution is -2.46. The second-order valence-corrected chi connectivity index (χ2v) is 7.50. The predicted molar refractivity (Wildman–Crippen MR) is 104 cm³/mol. The van der Waals surface area contributed by atoms with E-state index >= 15 is 0 Å². The third-order valence-corrected chi connectivity index (χ3v) is 5.77. The number of thioether (sulfide) groups is 1. The molecule has 3 rings (SSSR count). The fourth-order valence-electron chi connectivity index (χ4n) is 3.49. The van der Waals surface area contributed by atoms with Gasteiger partial charge in [0.05, 0.1) is 18.4 Å². The van der Waals surface area contributed by atoms with Gasteiger partial charge >= 0.3 is 6.03 Å². The second-order valence-electron chi connectivity index (χ2n) is 6.73. The second kappa shape index (κ2) is 9.07. The third-order valence-electron chi connectivity index (χ3n) is 5.02. The van der Waals surface area contributed by atoms with E-state index in [0.717, 1.165) is 29.3 Å². The molecular formula is C19H27N5OS. The monoisotopic (exact) mass is 373 g/mol. The van der Waals surface area contributed by atoms with Gasteiger partial charge in [0.25, 0.3) is 0 Å². The summed E-state index contributed by atoms with van der Waals surface area (Å²) in [6.45, 7) is 1.11. The molecule has 2 aromatic heterocycles. The Labute approximate surface area is 159 Å². The summed E-state index contributed by atoms with van der Waals surface area (Å²) in [7, 11) is 1.98. The smallest absolute Gasteiger partial charge is 0.318 e. The molecule has 2 aromatic rings. The molecule has 6 nitrogen and oxygen atoms in total. The van der Waals surface area contributed by atoms with E-state index in [1.165, 1.54) is 19.3 Å². The molecule has 1 saturated carbocycles. The first-order valence-corrected chi connectivity index (χ1v) is 10.4. The van der Waals surface area contributed by atoms with Gasteiger partial charge in [0, 0.05) is 32.0 Å². The van der Waals surface area contributed by atoms with Gasteiger partial charge in [-0.1, -0.05) is 31.0 Å². The molecule has 26 heavy (non-hydrogen) atoms. The van der Waals surface area contributed by atoms with Crippen LogP contribution in [-0.4, -0.2) is 37.8 Å². The molecule has 2 amide bonds. The third kappa shape index (κ3) is 4.58. The summed E-state index contributed by atoms with van der Waals surface area (Å²) in [5.41, 5.74) is 2.13. The number of nitrogens with zero attached hydrogens (tertiary/aromatic N) is 4. The lowest BCUT2D eigenvalue weighted by molar-refractivity contribution is 0.150. The molecule has 0 aliphatic heterocycles. The number of amides is 2. The number of pyridine rings is 1. The largest absolute Gasteiger partial charge is 0.332 e. The van der Waals surface area contributed by atoms with E-state index in [4.69, 9.17) is 0 Å². The zero-order chi connectivity index (χ0) is 18.4. The van der Waals surface area contributed by atoms with Crippen LogP contribution in [0, 0.1) is 0 Å². The van der Waals surface area contributed by atoms with Gasteiger partial charge in [-0.05, 0) is 36.8 Å². The first-order chi connectivity index (χ1) is 12.7. The van der Waals surface area contributed by atoms with Crippen molar-refractivity contribution >= 4 is 17.8 Å².